The lowest BCUT2D eigenvalue weighted by Gasteiger charge is -2.28. The van der Waals surface area contributed by atoms with Gasteiger partial charge in [-0.15, -0.1) is 0 Å². The summed E-state index contributed by atoms with van der Waals surface area (Å²) in [4.78, 5) is 0. The molecule has 1 fully saturated rings. The predicted molar refractivity (Wildman–Crippen MR) is 93.9 cm³/mol. The lowest BCUT2D eigenvalue weighted by Crippen LogP contribution is -2.38. The standard InChI is InChI=1S/C11H18N.C6H13NO3S/c1-4-12(2,3)10-11-8-6-5-7-9-11;7-11(8,9)10-6-4-2-1-3-5-6/h5-9H,4,10H2,1-3H3;6H,1-5H2,(H2,7,8,9)/q+1;. The predicted octanol–water partition coefficient (Wildman–Crippen LogP) is 2.82. The first-order valence-electron chi connectivity index (χ1n) is 8.29. The number of nitrogens with two attached hydrogens (primary N) is 1. The summed E-state index contributed by atoms with van der Waals surface area (Å²) in [5.74, 6) is 0. The molecule has 0 heterocycles. The van der Waals surface area contributed by atoms with Gasteiger partial charge in [-0.1, -0.05) is 49.6 Å². The van der Waals surface area contributed by atoms with Gasteiger partial charge in [0.25, 0.3) is 0 Å². The molecule has 0 unspecified atom stereocenters. The van der Waals surface area contributed by atoms with E-state index >= 15 is 0 Å². The third-order valence-electron chi connectivity index (χ3n) is 4.13. The molecule has 0 aromatic heterocycles. The fourth-order valence-electron chi connectivity index (χ4n) is 2.54. The van der Waals surface area contributed by atoms with Gasteiger partial charge in [-0.25, -0.2) is 5.14 Å². The number of hydrogen-bond acceptors (Lipinski definition) is 3. The van der Waals surface area contributed by atoms with E-state index in [4.69, 9.17) is 5.14 Å². The molecule has 0 aliphatic heterocycles. The summed E-state index contributed by atoms with van der Waals surface area (Å²) in [6, 6.07) is 10.6. The third-order valence-corrected chi connectivity index (χ3v) is 4.67. The van der Waals surface area contributed by atoms with E-state index in [1.54, 1.807) is 0 Å². The minimum absolute atomic E-state index is 0.168. The fourth-order valence-corrected chi connectivity index (χ4v) is 3.11. The molecule has 0 atom stereocenters. The Bertz CT molecular complexity index is 538. The van der Waals surface area contributed by atoms with Crippen LogP contribution in [0.5, 0.6) is 0 Å². The van der Waals surface area contributed by atoms with Crippen LogP contribution in [0.25, 0.3) is 0 Å². The molecule has 1 aromatic rings. The number of benzene rings is 1. The van der Waals surface area contributed by atoms with Crippen LogP contribution in [0.2, 0.25) is 0 Å². The van der Waals surface area contributed by atoms with Crippen molar-refractivity contribution in [1.82, 2.24) is 0 Å². The van der Waals surface area contributed by atoms with Crippen molar-refractivity contribution >= 4 is 10.3 Å². The first-order valence-corrected chi connectivity index (χ1v) is 9.76. The van der Waals surface area contributed by atoms with E-state index in [0.29, 0.717) is 0 Å². The average Bonchev–Trinajstić information content (AvgIpc) is 2.48. The number of quaternary nitrogens is 1. The first kappa shape index (κ1) is 20.1. The van der Waals surface area contributed by atoms with Gasteiger partial charge in [0.1, 0.15) is 6.54 Å². The van der Waals surface area contributed by atoms with Crippen LogP contribution in [-0.2, 0) is 21.0 Å². The second kappa shape index (κ2) is 9.37. The molecule has 132 valence electrons. The second-order valence-electron chi connectivity index (χ2n) is 6.74. The molecule has 0 saturated heterocycles. The first-order chi connectivity index (χ1) is 10.7. The van der Waals surface area contributed by atoms with Crippen LogP contribution in [0.4, 0.5) is 0 Å². The normalized spacial score (nSPS) is 16.5. The smallest absolute Gasteiger partial charge is 0.325 e. The molecule has 5 nitrogen and oxygen atoms in total. The van der Waals surface area contributed by atoms with Crippen LogP contribution >= 0.6 is 0 Å². The number of nitrogens with zero attached hydrogens (tertiary/aromatic N) is 1. The van der Waals surface area contributed by atoms with Gasteiger partial charge in [-0.05, 0) is 19.8 Å². The molecular formula is C17H31N2O3S+. The van der Waals surface area contributed by atoms with Gasteiger partial charge >= 0.3 is 10.3 Å². The Kier molecular flexibility index (Phi) is 8.19. The third kappa shape index (κ3) is 9.71. The molecule has 0 radical (unpaired) electrons. The van der Waals surface area contributed by atoms with Gasteiger partial charge in [-0.3, -0.25) is 4.18 Å². The van der Waals surface area contributed by atoms with Crippen LogP contribution < -0.4 is 5.14 Å². The summed E-state index contributed by atoms with van der Waals surface area (Å²) in [6.07, 6.45) is 4.72. The van der Waals surface area contributed by atoms with Crippen molar-refractivity contribution < 1.29 is 17.1 Å². The molecule has 1 saturated carbocycles. The van der Waals surface area contributed by atoms with Crippen molar-refractivity contribution in [1.29, 1.82) is 0 Å². The zero-order valence-corrected chi connectivity index (χ0v) is 15.4. The Morgan fingerprint density at radius 2 is 1.70 bits per heavy atom. The molecule has 0 amide bonds. The van der Waals surface area contributed by atoms with Crippen LogP contribution in [0.1, 0.15) is 44.6 Å². The van der Waals surface area contributed by atoms with E-state index in [-0.39, 0.29) is 6.10 Å². The lowest BCUT2D eigenvalue weighted by molar-refractivity contribution is -0.901. The summed E-state index contributed by atoms with van der Waals surface area (Å²) in [7, 11) is 0.790. The highest BCUT2D eigenvalue weighted by Gasteiger charge is 2.18. The maximum Gasteiger partial charge on any atom is 0.333 e. The van der Waals surface area contributed by atoms with E-state index in [0.717, 1.165) is 36.7 Å². The molecular weight excluding hydrogens is 312 g/mol. The summed E-state index contributed by atoms with van der Waals surface area (Å²) >= 11 is 0. The van der Waals surface area contributed by atoms with Crippen molar-refractivity contribution in [3.63, 3.8) is 0 Å². The quantitative estimate of drug-likeness (QED) is 0.836. The van der Waals surface area contributed by atoms with Crippen molar-refractivity contribution in [3.05, 3.63) is 35.9 Å². The molecule has 0 bridgehead atoms. The monoisotopic (exact) mass is 343 g/mol. The van der Waals surface area contributed by atoms with E-state index in [1.807, 2.05) is 0 Å². The van der Waals surface area contributed by atoms with E-state index < -0.39 is 10.3 Å². The zero-order valence-electron chi connectivity index (χ0n) is 14.6. The van der Waals surface area contributed by atoms with E-state index in [9.17, 15) is 8.42 Å². The van der Waals surface area contributed by atoms with E-state index in [1.165, 1.54) is 18.5 Å². The molecule has 23 heavy (non-hydrogen) atoms. The van der Waals surface area contributed by atoms with Crippen LogP contribution in [-0.4, -0.2) is 39.6 Å². The minimum Gasteiger partial charge on any atom is -0.325 e. The number of rotatable bonds is 5. The summed E-state index contributed by atoms with van der Waals surface area (Å²) in [5.41, 5.74) is 1.42. The highest BCUT2D eigenvalue weighted by molar-refractivity contribution is 7.84. The molecule has 1 aliphatic carbocycles. The van der Waals surface area contributed by atoms with Gasteiger partial charge in [0.2, 0.25) is 0 Å². The van der Waals surface area contributed by atoms with Gasteiger partial charge < -0.3 is 4.48 Å². The van der Waals surface area contributed by atoms with Crippen molar-refractivity contribution in [3.8, 4) is 0 Å². The Morgan fingerprint density at radius 1 is 1.13 bits per heavy atom. The van der Waals surface area contributed by atoms with Crippen molar-refractivity contribution in [2.75, 3.05) is 20.6 Å². The Balaban J connectivity index is 0.000000231. The Labute approximate surface area is 141 Å². The van der Waals surface area contributed by atoms with Gasteiger partial charge in [0.05, 0.1) is 26.7 Å². The van der Waals surface area contributed by atoms with E-state index in [2.05, 4.69) is 55.5 Å². The van der Waals surface area contributed by atoms with Gasteiger partial charge in [-0.2, -0.15) is 8.42 Å². The largest absolute Gasteiger partial charge is 0.333 e. The summed E-state index contributed by atoms with van der Waals surface area (Å²) in [5, 5.41) is 4.72. The fraction of sp³-hybridized carbons (Fsp3) is 0.647. The van der Waals surface area contributed by atoms with Gasteiger partial charge in [0, 0.05) is 5.56 Å². The number of hydrogen-bond donors (Lipinski definition) is 1. The van der Waals surface area contributed by atoms with Gasteiger partial charge in [0.15, 0.2) is 0 Å². The molecule has 2 rings (SSSR count). The molecule has 6 heteroatoms. The highest BCUT2D eigenvalue weighted by Crippen LogP contribution is 2.20. The average molecular weight is 344 g/mol. The molecule has 2 N–H and O–H groups in total. The van der Waals surface area contributed by atoms with Crippen molar-refractivity contribution in [2.24, 2.45) is 5.14 Å². The van der Waals surface area contributed by atoms with Crippen LogP contribution in [0, 0.1) is 0 Å². The zero-order chi connectivity index (χ0) is 17.3. The topological polar surface area (TPSA) is 69.4 Å². The molecule has 1 aliphatic rings. The minimum atomic E-state index is -3.72. The summed E-state index contributed by atoms with van der Waals surface area (Å²) in [6.45, 7) is 4.52. The second-order valence-corrected chi connectivity index (χ2v) is 7.92. The maximum absolute atomic E-state index is 10.5. The Hall–Kier alpha value is -0.950. The maximum atomic E-state index is 10.5. The SMILES string of the molecule is CC[N+](C)(C)Cc1ccccc1.NS(=O)(=O)OC1CCCCC1. The lowest BCUT2D eigenvalue weighted by atomic mass is 9.98. The van der Waals surface area contributed by atoms with Crippen LogP contribution in [0.15, 0.2) is 30.3 Å². The molecule has 0 spiro atoms. The Morgan fingerprint density at radius 3 is 2.17 bits per heavy atom. The van der Waals surface area contributed by atoms with Crippen molar-refractivity contribution in [2.45, 2.75) is 51.7 Å². The highest BCUT2D eigenvalue weighted by atomic mass is 32.2. The van der Waals surface area contributed by atoms with Crippen LogP contribution in [0.3, 0.4) is 0 Å². The summed E-state index contributed by atoms with van der Waals surface area (Å²) < 4.78 is 26.6. The molecule has 1 aromatic carbocycles.